The zero-order valence-corrected chi connectivity index (χ0v) is 10.7. The van der Waals surface area contributed by atoms with Gasteiger partial charge in [-0.3, -0.25) is 0 Å². The Morgan fingerprint density at radius 2 is 1.89 bits per heavy atom. The fourth-order valence-electron chi connectivity index (χ4n) is 1.73. The van der Waals surface area contributed by atoms with Crippen LogP contribution in [0.25, 0.3) is 17.0 Å². The molecule has 0 saturated heterocycles. The van der Waals surface area contributed by atoms with E-state index in [1.807, 2.05) is 31.2 Å². The molecule has 0 aliphatic heterocycles. The van der Waals surface area contributed by atoms with Crippen LogP contribution >= 0.6 is 0 Å². The van der Waals surface area contributed by atoms with E-state index in [0.29, 0.717) is 0 Å². The molecule has 0 unspecified atom stereocenters. The summed E-state index contributed by atoms with van der Waals surface area (Å²) in [5, 5.41) is 0. The van der Waals surface area contributed by atoms with Gasteiger partial charge in [-0.2, -0.15) is 0 Å². The largest absolute Gasteiger partial charge is 0.237 e. The first-order valence-electron chi connectivity index (χ1n) is 5.94. The first kappa shape index (κ1) is 12.2. The minimum absolute atomic E-state index is 0.744. The van der Waals surface area contributed by atoms with Crippen molar-refractivity contribution in [3.63, 3.8) is 0 Å². The highest BCUT2D eigenvalue weighted by atomic mass is 14.9. The highest BCUT2D eigenvalue weighted by molar-refractivity contribution is 5.71. The SMILES string of the molecule is C=C/C(=C\C)c1ccnc(-c2ccc(C)cc2)n1. The predicted octanol–water partition coefficient (Wildman–Crippen LogP) is 4.04. The summed E-state index contributed by atoms with van der Waals surface area (Å²) in [4.78, 5) is 8.88. The van der Waals surface area contributed by atoms with Crippen molar-refractivity contribution in [3.8, 4) is 11.4 Å². The Kier molecular flexibility index (Phi) is 3.68. The molecule has 1 heterocycles. The molecule has 0 spiro atoms. The average Bonchev–Trinajstić information content (AvgIpc) is 2.41. The maximum Gasteiger partial charge on any atom is 0.159 e. The maximum absolute atomic E-state index is 4.56. The van der Waals surface area contributed by atoms with Gasteiger partial charge >= 0.3 is 0 Å². The molecule has 0 aliphatic rings. The van der Waals surface area contributed by atoms with Gasteiger partial charge in [-0.05, 0) is 25.5 Å². The van der Waals surface area contributed by atoms with Gasteiger partial charge < -0.3 is 0 Å². The van der Waals surface area contributed by atoms with Crippen LogP contribution in [0.1, 0.15) is 18.2 Å². The minimum Gasteiger partial charge on any atom is -0.237 e. The summed E-state index contributed by atoms with van der Waals surface area (Å²) >= 11 is 0. The molecule has 0 saturated carbocycles. The summed E-state index contributed by atoms with van der Waals surface area (Å²) in [6.45, 7) is 7.84. The highest BCUT2D eigenvalue weighted by Gasteiger charge is 2.04. The number of aryl methyl sites for hydroxylation is 1. The molecule has 2 heteroatoms. The molecule has 0 atom stereocenters. The third-order valence-electron chi connectivity index (χ3n) is 2.79. The Balaban J connectivity index is 2.44. The van der Waals surface area contributed by atoms with Crippen LogP contribution in [0.2, 0.25) is 0 Å². The van der Waals surface area contributed by atoms with Crippen molar-refractivity contribution in [3.05, 3.63) is 66.5 Å². The van der Waals surface area contributed by atoms with Crippen molar-refractivity contribution in [2.45, 2.75) is 13.8 Å². The fraction of sp³-hybridized carbons (Fsp3) is 0.125. The molecule has 18 heavy (non-hydrogen) atoms. The molecular formula is C16H16N2. The number of hydrogen-bond donors (Lipinski definition) is 0. The van der Waals surface area contributed by atoms with Crippen LogP contribution in [-0.2, 0) is 0 Å². The van der Waals surface area contributed by atoms with E-state index in [0.717, 1.165) is 22.7 Å². The van der Waals surface area contributed by atoms with Gasteiger partial charge in [0.1, 0.15) is 0 Å². The van der Waals surface area contributed by atoms with Crippen molar-refractivity contribution in [1.29, 1.82) is 0 Å². The molecule has 0 aliphatic carbocycles. The summed E-state index contributed by atoms with van der Waals surface area (Å²) in [7, 11) is 0. The second-order valence-electron chi connectivity index (χ2n) is 4.08. The average molecular weight is 236 g/mol. The Morgan fingerprint density at radius 1 is 1.17 bits per heavy atom. The standard InChI is InChI=1S/C16H16N2/c1-4-13(5-2)15-10-11-17-16(18-15)14-8-6-12(3)7-9-14/h4-11H,1H2,2-3H3/b13-5+. The summed E-state index contributed by atoms with van der Waals surface area (Å²) in [6.07, 6.45) is 5.58. The quantitative estimate of drug-likeness (QED) is 0.751. The number of aromatic nitrogens is 2. The summed E-state index contributed by atoms with van der Waals surface area (Å²) in [6, 6.07) is 10.1. The van der Waals surface area contributed by atoms with Crippen LogP contribution in [0, 0.1) is 6.92 Å². The summed E-state index contributed by atoms with van der Waals surface area (Å²) < 4.78 is 0. The Hall–Kier alpha value is -2.22. The van der Waals surface area contributed by atoms with E-state index < -0.39 is 0 Å². The van der Waals surface area contributed by atoms with Crippen LogP contribution in [-0.4, -0.2) is 9.97 Å². The van der Waals surface area contributed by atoms with E-state index in [9.17, 15) is 0 Å². The van der Waals surface area contributed by atoms with Gasteiger partial charge in [-0.25, -0.2) is 9.97 Å². The lowest BCUT2D eigenvalue weighted by atomic mass is 10.1. The molecule has 2 aromatic rings. The van der Waals surface area contributed by atoms with Crippen LogP contribution < -0.4 is 0 Å². The van der Waals surface area contributed by atoms with Crippen molar-refractivity contribution >= 4 is 5.57 Å². The number of nitrogens with zero attached hydrogens (tertiary/aromatic N) is 2. The van der Waals surface area contributed by atoms with Crippen molar-refractivity contribution in [2.24, 2.45) is 0 Å². The molecule has 90 valence electrons. The lowest BCUT2D eigenvalue weighted by Crippen LogP contribution is -1.93. The molecule has 0 fully saturated rings. The lowest BCUT2D eigenvalue weighted by Gasteiger charge is -2.04. The maximum atomic E-state index is 4.56. The normalized spacial score (nSPS) is 11.3. The van der Waals surface area contributed by atoms with Crippen LogP contribution in [0.4, 0.5) is 0 Å². The zero-order chi connectivity index (χ0) is 13.0. The van der Waals surface area contributed by atoms with E-state index in [-0.39, 0.29) is 0 Å². The third-order valence-corrected chi connectivity index (χ3v) is 2.79. The topological polar surface area (TPSA) is 25.8 Å². The molecule has 1 aromatic carbocycles. The van der Waals surface area contributed by atoms with E-state index in [2.05, 4.69) is 35.6 Å². The third kappa shape index (κ3) is 2.54. The number of benzene rings is 1. The monoisotopic (exact) mass is 236 g/mol. The van der Waals surface area contributed by atoms with Gasteiger partial charge in [-0.1, -0.05) is 48.6 Å². The highest BCUT2D eigenvalue weighted by Crippen LogP contribution is 2.18. The molecule has 0 amide bonds. The molecule has 2 nitrogen and oxygen atoms in total. The molecule has 2 rings (SSSR count). The van der Waals surface area contributed by atoms with E-state index in [1.165, 1.54) is 5.56 Å². The van der Waals surface area contributed by atoms with Gasteiger partial charge in [0.25, 0.3) is 0 Å². The lowest BCUT2D eigenvalue weighted by molar-refractivity contribution is 1.15. The zero-order valence-electron chi connectivity index (χ0n) is 10.7. The smallest absolute Gasteiger partial charge is 0.159 e. The molecule has 0 bridgehead atoms. The van der Waals surface area contributed by atoms with Gasteiger partial charge in [0.15, 0.2) is 5.82 Å². The van der Waals surface area contributed by atoms with Crippen LogP contribution in [0.15, 0.2) is 55.3 Å². The van der Waals surface area contributed by atoms with E-state index in [4.69, 9.17) is 0 Å². The van der Waals surface area contributed by atoms with Gasteiger partial charge in [0, 0.05) is 11.8 Å². The number of rotatable bonds is 3. The second kappa shape index (κ2) is 5.41. The van der Waals surface area contributed by atoms with Crippen LogP contribution in [0.3, 0.4) is 0 Å². The van der Waals surface area contributed by atoms with E-state index >= 15 is 0 Å². The fourth-order valence-corrected chi connectivity index (χ4v) is 1.73. The van der Waals surface area contributed by atoms with Crippen LogP contribution in [0.5, 0.6) is 0 Å². The number of hydrogen-bond acceptors (Lipinski definition) is 2. The predicted molar refractivity (Wildman–Crippen MR) is 76.1 cm³/mol. The summed E-state index contributed by atoms with van der Waals surface area (Å²) in [5.41, 5.74) is 4.18. The molecular weight excluding hydrogens is 220 g/mol. The van der Waals surface area contributed by atoms with Crippen molar-refractivity contribution < 1.29 is 0 Å². The first-order chi connectivity index (χ1) is 8.74. The first-order valence-corrected chi connectivity index (χ1v) is 5.94. The molecule has 0 radical (unpaired) electrons. The van der Waals surface area contributed by atoms with E-state index in [1.54, 1.807) is 12.3 Å². The second-order valence-corrected chi connectivity index (χ2v) is 4.08. The molecule has 0 N–H and O–H groups in total. The van der Waals surface area contributed by atoms with Crippen molar-refractivity contribution in [2.75, 3.05) is 0 Å². The Labute approximate surface area is 108 Å². The Bertz CT molecular complexity index is 580. The van der Waals surface area contributed by atoms with Crippen molar-refractivity contribution in [1.82, 2.24) is 9.97 Å². The van der Waals surface area contributed by atoms with Gasteiger partial charge in [-0.15, -0.1) is 0 Å². The summed E-state index contributed by atoms with van der Waals surface area (Å²) in [5.74, 6) is 0.744. The van der Waals surface area contributed by atoms with Gasteiger partial charge in [0.2, 0.25) is 0 Å². The molecule has 1 aromatic heterocycles. The van der Waals surface area contributed by atoms with Gasteiger partial charge in [0.05, 0.1) is 5.69 Å². The Morgan fingerprint density at radius 3 is 2.50 bits per heavy atom. The number of allylic oxidation sites excluding steroid dienone is 3. The minimum atomic E-state index is 0.744.